The Morgan fingerprint density at radius 1 is 1.33 bits per heavy atom. The number of hydrogen-bond donors (Lipinski definition) is 0. The van der Waals surface area contributed by atoms with Gasteiger partial charge in [-0.1, -0.05) is 27.7 Å². The molecule has 0 fully saturated rings. The molecule has 1 aromatic heterocycles. The Morgan fingerprint density at radius 3 is 2.42 bits per heavy atom. The smallest absolute Gasteiger partial charge is 0.0307 e. The zero-order valence-corrected chi connectivity index (χ0v) is 8.39. The van der Waals surface area contributed by atoms with E-state index in [0.717, 1.165) is 6.42 Å². The van der Waals surface area contributed by atoms with Crippen molar-refractivity contribution in [3.8, 4) is 0 Å². The Labute approximate surface area is 74.8 Å². The summed E-state index contributed by atoms with van der Waals surface area (Å²) in [5.74, 6) is 0. The molecule has 0 aliphatic carbocycles. The summed E-state index contributed by atoms with van der Waals surface area (Å²) in [5.41, 5.74) is 3.00. The fourth-order valence-corrected chi connectivity index (χ4v) is 1.41. The van der Waals surface area contributed by atoms with Gasteiger partial charge in [0.2, 0.25) is 0 Å². The van der Waals surface area contributed by atoms with E-state index in [1.54, 1.807) is 0 Å². The Bertz CT molecular complexity index is 258. The molecular weight excluding hydrogens is 146 g/mol. The van der Waals surface area contributed by atoms with E-state index in [1.165, 1.54) is 11.1 Å². The third kappa shape index (κ3) is 1.84. The quantitative estimate of drug-likeness (QED) is 0.620. The molecule has 1 heteroatoms. The van der Waals surface area contributed by atoms with E-state index in [0.29, 0.717) is 0 Å². The van der Waals surface area contributed by atoms with Crippen LogP contribution in [-0.2, 0) is 11.8 Å². The van der Waals surface area contributed by atoms with E-state index in [1.807, 2.05) is 12.4 Å². The Hall–Kier alpha value is -0.850. The lowest BCUT2D eigenvalue weighted by Crippen LogP contribution is -2.14. The maximum atomic E-state index is 4.16. The molecule has 0 amide bonds. The van der Waals surface area contributed by atoms with Crippen molar-refractivity contribution in [3.05, 3.63) is 29.6 Å². The van der Waals surface area contributed by atoms with Crippen LogP contribution in [0.15, 0.2) is 18.5 Å². The van der Waals surface area contributed by atoms with Gasteiger partial charge in [0, 0.05) is 12.4 Å². The molecule has 0 saturated carbocycles. The monoisotopic (exact) mass is 163 g/mol. The lowest BCUT2D eigenvalue weighted by atomic mass is 9.84. The minimum Gasteiger partial charge on any atom is -0.264 e. The fourth-order valence-electron chi connectivity index (χ4n) is 1.41. The van der Waals surface area contributed by atoms with Gasteiger partial charge in [-0.15, -0.1) is 0 Å². The number of hydrogen-bond acceptors (Lipinski definition) is 1. The molecule has 1 aromatic rings. The zero-order chi connectivity index (χ0) is 9.19. The van der Waals surface area contributed by atoms with Crippen LogP contribution >= 0.6 is 0 Å². The third-order valence-corrected chi connectivity index (χ3v) is 2.10. The van der Waals surface area contributed by atoms with Crippen LogP contribution in [0.2, 0.25) is 0 Å². The Balaban J connectivity index is 3.14. The first-order valence-electron chi connectivity index (χ1n) is 4.49. The van der Waals surface area contributed by atoms with Gasteiger partial charge in [-0.05, 0) is 29.0 Å². The van der Waals surface area contributed by atoms with Crippen molar-refractivity contribution in [1.82, 2.24) is 4.98 Å². The molecule has 0 unspecified atom stereocenters. The molecule has 12 heavy (non-hydrogen) atoms. The minimum absolute atomic E-state index is 0.222. The number of pyridine rings is 1. The lowest BCUT2D eigenvalue weighted by Gasteiger charge is -2.21. The van der Waals surface area contributed by atoms with E-state index in [-0.39, 0.29) is 5.41 Å². The number of aryl methyl sites for hydroxylation is 1. The van der Waals surface area contributed by atoms with E-state index < -0.39 is 0 Å². The molecular formula is C11H17N. The lowest BCUT2D eigenvalue weighted by molar-refractivity contribution is 0.580. The van der Waals surface area contributed by atoms with Crippen molar-refractivity contribution >= 4 is 0 Å². The highest BCUT2D eigenvalue weighted by Crippen LogP contribution is 2.24. The summed E-state index contributed by atoms with van der Waals surface area (Å²) in [4.78, 5) is 4.16. The van der Waals surface area contributed by atoms with E-state index in [2.05, 4.69) is 38.7 Å². The zero-order valence-electron chi connectivity index (χ0n) is 8.39. The van der Waals surface area contributed by atoms with Crippen molar-refractivity contribution < 1.29 is 0 Å². The molecule has 0 saturated heterocycles. The van der Waals surface area contributed by atoms with E-state index in [9.17, 15) is 0 Å². The first kappa shape index (κ1) is 9.24. The predicted molar refractivity (Wildman–Crippen MR) is 52.3 cm³/mol. The van der Waals surface area contributed by atoms with Crippen LogP contribution in [0.4, 0.5) is 0 Å². The van der Waals surface area contributed by atoms with Crippen LogP contribution in [0.1, 0.15) is 38.8 Å². The largest absolute Gasteiger partial charge is 0.264 e. The third-order valence-electron chi connectivity index (χ3n) is 2.10. The van der Waals surface area contributed by atoms with Crippen molar-refractivity contribution in [1.29, 1.82) is 0 Å². The van der Waals surface area contributed by atoms with Gasteiger partial charge in [-0.25, -0.2) is 0 Å². The van der Waals surface area contributed by atoms with Gasteiger partial charge in [0.25, 0.3) is 0 Å². The number of rotatable bonds is 1. The van der Waals surface area contributed by atoms with Crippen LogP contribution in [-0.4, -0.2) is 4.98 Å². The molecule has 0 aliphatic rings. The topological polar surface area (TPSA) is 12.9 Å². The van der Waals surface area contributed by atoms with E-state index >= 15 is 0 Å². The summed E-state index contributed by atoms with van der Waals surface area (Å²) in [6.07, 6.45) is 4.95. The molecule has 0 aromatic carbocycles. The van der Waals surface area contributed by atoms with Crippen LogP contribution in [0, 0.1) is 0 Å². The molecule has 1 nitrogen and oxygen atoms in total. The van der Waals surface area contributed by atoms with Gasteiger partial charge in [0.15, 0.2) is 0 Å². The van der Waals surface area contributed by atoms with Crippen LogP contribution in [0.5, 0.6) is 0 Å². The van der Waals surface area contributed by atoms with Gasteiger partial charge >= 0.3 is 0 Å². The maximum absolute atomic E-state index is 4.16. The molecule has 1 rings (SSSR count). The molecule has 1 heterocycles. The molecule has 0 spiro atoms. The highest BCUT2D eigenvalue weighted by molar-refractivity contribution is 5.29. The van der Waals surface area contributed by atoms with Crippen LogP contribution in [0.3, 0.4) is 0 Å². The van der Waals surface area contributed by atoms with Crippen molar-refractivity contribution in [2.75, 3.05) is 0 Å². The molecule has 0 atom stereocenters. The van der Waals surface area contributed by atoms with Crippen molar-refractivity contribution in [2.24, 2.45) is 0 Å². The molecule has 0 N–H and O–H groups in total. The number of aromatic nitrogens is 1. The van der Waals surface area contributed by atoms with Gasteiger partial charge < -0.3 is 0 Å². The standard InChI is InChI=1S/C11H17N/c1-5-9-6-7-12-8-10(9)11(2,3)4/h6-8H,5H2,1-4H3. The second-order valence-electron chi connectivity index (χ2n) is 4.14. The Kier molecular flexibility index (Phi) is 2.51. The molecule has 0 bridgehead atoms. The number of nitrogens with zero attached hydrogens (tertiary/aromatic N) is 1. The SMILES string of the molecule is CCc1ccncc1C(C)(C)C. The summed E-state index contributed by atoms with van der Waals surface area (Å²) in [7, 11) is 0. The summed E-state index contributed by atoms with van der Waals surface area (Å²) in [6, 6.07) is 2.11. The average molecular weight is 163 g/mol. The van der Waals surface area contributed by atoms with Crippen LogP contribution in [0.25, 0.3) is 0 Å². The van der Waals surface area contributed by atoms with Gasteiger partial charge in [-0.3, -0.25) is 4.98 Å². The summed E-state index contributed by atoms with van der Waals surface area (Å²) < 4.78 is 0. The summed E-state index contributed by atoms with van der Waals surface area (Å²) in [5, 5.41) is 0. The summed E-state index contributed by atoms with van der Waals surface area (Å²) >= 11 is 0. The predicted octanol–water partition coefficient (Wildman–Crippen LogP) is 2.94. The second-order valence-corrected chi connectivity index (χ2v) is 4.14. The van der Waals surface area contributed by atoms with Gasteiger partial charge in [-0.2, -0.15) is 0 Å². The van der Waals surface area contributed by atoms with Crippen LogP contribution < -0.4 is 0 Å². The van der Waals surface area contributed by atoms with Gasteiger partial charge in [0.1, 0.15) is 0 Å². The first-order chi connectivity index (χ1) is 5.55. The Morgan fingerprint density at radius 2 is 2.00 bits per heavy atom. The fraction of sp³-hybridized carbons (Fsp3) is 0.545. The maximum Gasteiger partial charge on any atom is 0.0307 e. The highest BCUT2D eigenvalue weighted by atomic mass is 14.6. The first-order valence-corrected chi connectivity index (χ1v) is 4.49. The molecule has 0 aliphatic heterocycles. The molecule has 0 radical (unpaired) electrons. The van der Waals surface area contributed by atoms with Crippen molar-refractivity contribution in [2.45, 2.75) is 39.5 Å². The normalized spacial score (nSPS) is 11.7. The molecule has 66 valence electrons. The summed E-state index contributed by atoms with van der Waals surface area (Å²) in [6.45, 7) is 8.86. The van der Waals surface area contributed by atoms with E-state index in [4.69, 9.17) is 0 Å². The van der Waals surface area contributed by atoms with Gasteiger partial charge in [0.05, 0.1) is 0 Å². The second kappa shape index (κ2) is 3.26. The minimum atomic E-state index is 0.222. The van der Waals surface area contributed by atoms with Crippen molar-refractivity contribution in [3.63, 3.8) is 0 Å². The highest BCUT2D eigenvalue weighted by Gasteiger charge is 2.16. The average Bonchev–Trinajstić information content (AvgIpc) is 2.03.